The highest BCUT2D eigenvalue weighted by Gasteiger charge is 2.58. The van der Waals surface area contributed by atoms with Gasteiger partial charge in [-0.1, -0.05) is 6.92 Å². The molecule has 2 bridgehead atoms. The van der Waals surface area contributed by atoms with Crippen molar-refractivity contribution in [3.63, 3.8) is 0 Å². The van der Waals surface area contributed by atoms with Gasteiger partial charge in [-0.15, -0.1) is 0 Å². The fourth-order valence-electron chi connectivity index (χ4n) is 5.49. The summed E-state index contributed by atoms with van der Waals surface area (Å²) in [5.74, 6) is -0.257. The molecule has 0 spiro atoms. The third-order valence-corrected chi connectivity index (χ3v) is 7.08. The van der Waals surface area contributed by atoms with Crippen molar-refractivity contribution in [2.45, 2.75) is 50.6 Å². The van der Waals surface area contributed by atoms with E-state index in [1.165, 1.54) is 12.1 Å². The zero-order chi connectivity index (χ0) is 17.3. The minimum atomic E-state index is -0.526. The Bertz CT molecular complexity index is 704. The van der Waals surface area contributed by atoms with Gasteiger partial charge in [0.2, 0.25) is 5.91 Å². The van der Waals surface area contributed by atoms with E-state index in [1.807, 2.05) is 0 Å². The van der Waals surface area contributed by atoms with E-state index < -0.39 is 11.6 Å². The summed E-state index contributed by atoms with van der Waals surface area (Å²) in [4.78, 5) is 17.7. The van der Waals surface area contributed by atoms with Gasteiger partial charge in [0.05, 0.1) is 6.04 Å². The predicted molar refractivity (Wildman–Crippen MR) is 90.0 cm³/mol. The number of amides is 1. The predicted octanol–water partition coefficient (Wildman–Crippen LogP) is 3.15. The van der Waals surface area contributed by atoms with Crippen molar-refractivity contribution in [1.29, 1.82) is 0 Å². The first-order valence-electron chi connectivity index (χ1n) is 9.47. The van der Waals surface area contributed by atoms with E-state index in [9.17, 15) is 13.6 Å². The lowest BCUT2D eigenvalue weighted by molar-refractivity contribution is -0.141. The Morgan fingerprint density at radius 3 is 2.32 bits per heavy atom. The lowest BCUT2D eigenvalue weighted by Gasteiger charge is -2.51. The number of rotatable bonds is 2. The second-order valence-electron chi connectivity index (χ2n) is 8.68. The molecule has 4 aliphatic heterocycles. The van der Waals surface area contributed by atoms with Gasteiger partial charge in [-0.05, 0) is 62.4 Å². The van der Waals surface area contributed by atoms with Gasteiger partial charge in [-0.25, -0.2) is 8.78 Å². The minimum absolute atomic E-state index is 0.00426. The fraction of sp³-hybridized carbons (Fsp3) is 0.650. The summed E-state index contributed by atoms with van der Waals surface area (Å²) in [6, 6.07) is 4.27. The Kier molecular flexibility index (Phi) is 3.31. The monoisotopic (exact) mass is 346 g/mol. The zero-order valence-electron chi connectivity index (χ0n) is 14.5. The number of hydrogen-bond acceptors (Lipinski definition) is 2. The van der Waals surface area contributed by atoms with Gasteiger partial charge >= 0.3 is 0 Å². The summed E-state index contributed by atoms with van der Waals surface area (Å²) >= 11 is 0. The molecule has 4 saturated heterocycles. The van der Waals surface area contributed by atoms with Gasteiger partial charge in [-0.2, -0.15) is 0 Å². The molecule has 0 aromatic heterocycles. The van der Waals surface area contributed by atoms with Crippen LogP contribution in [0.3, 0.4) is 0 Å². The van der Waals surface area contributed by atoms with E-state index in [4.69, 9.17) is 0 Å². The van der Waals surface area contributed by atoms with Gasteiger partial charge in [-0.3, -0.25) is 9.69 Å². The van der Waals surface area contributed by atoms with Gasteiger partial charge in [0.15, 0.2) is 0 Å². The first kappa shape index (κ1) is 15.7. The smallest absolute Gasteiger partial charge is 0.228 e. The first-order chi connectivity index (χ1) is 12.0. The molecule has 1 amide bonds. The number of likely N-dealkylation sites (tertiary alicyclic amines) is 1. The van der Waals surface area contributed by atoms with Crippen LogP contribution >= 0.6 is 0 Å². The number of halogens is 2. The lowest BCUT2D eigenvalue weighted by atomic mass is 9.75. The van der Waals surface area contributed by atoms with Crippen molar-refractivity contribution in [2.75, 3.05) is 19.6 Å². The van der Waals surface area contributed by atoms with Gasteiger partial charge in [0.25, 0.3) is 0 Å². The van der Waals surface area contributed by atoms with Gasteiger partial charge in [0.1, 0.15) is 11.6 Å². The standard InChI is InChI=1S/C20H24F2N2O/c1-20(4-5-20)19(25)24-11-16(13-8-14(21)10-15(22)9-13)18-17(24)12-2-6-23(18)7-3-12/h8-10,12,16-18H,2-7,11H2,1H3/t16-,17+,18+/m1/s1. The maximum Gasteiger partial charge on any atom is 0.228 e. The van der Waals surface area contributed by atoms with Crippen LogP contribution in [0.15, 0.2) is 18.2 Å². The molecule has 25 heavy (non-hydrogen) atoms. The van der Waals surface area contributed by atoms with Crippen LogP contribution in [0.5, 0.6) is 0 Å². The van der Waals surface area contributed by atoms with Crippen LogP contribution in [-0.4, -0.2) is 47.4 Å². The quantitative estimate of drug-likeness (QED) is 0.821. The number of carbonyl (C=O) groups excluding carboxylic acids is 1. The van der Waals surface area contributed by atoms with Crippen LogP contribution < -0.4 is 0 Å². The molecular weight excluding hydrogens is 322 g/mol. The van der Waals surface area contributed by atoms with Crippen molar-refractivity contribution in [3.8, 4) is 0 Å². The van der Waals surface area contributed by atoms with E-state index >= 15 is 0 Å². The summed E-state index contributed by atoms with van der Waals surface area (Å²) in [5.41, 5.74) is 0.509. The maximum absolute atomic E-state index is 13.8. The molecule has 4 heterocycles. The van der Waals surface area contributed by atoms with Crippen LogP contribution in [0.4, 0.5) is 8.78 Å². The third kappa shape index (κ3) is 2.35. The highest BCUT2D eigenvalue weighted by Crippen LogP contribution is 2.52. The molecule has 0 unspecified atom stereocenters. The molecule has 1 aromatic rings. The molecular formula is C20H24F2N2O. The Morgan fingerprint density at radius 2 is 1.72 bits per heavy atom. The van der Waals surface area contributed by atoms with Crippen molar-refractivity contribution in [3.05, 3.63) is 35.4 Å². The first-order valence-corrected chi connectivity index (χ1v) is 9.47. The second-order valence-corrected chi connectivity index (χ2v) is 8.68. The Balaban J connectivity index is 1.54. The van der Waals surface area contributed by atoms with E-state index in [0.29, 0.717) is 18.0 Å². The normalized spacial score (nSPS) is 37.9. The number of carbonyl (C=O) groups is 1. The van der Waals surface area contributed by atoms with Crippen LogP contribution in [0.25, 0.3) is 0 Å². The molecule has 3 atom stereocenters. The number of hydrogen-bond donors (Lipinski definition) is 0. The SMILES string of the molecule is CC1(C(=O)N2C[C@H](c3cc(F)cc(F)c3)[C@H]3[C@@H]2C2CCN3CC2)CC1. The molecule has 5 heteroatoms. The Hall–Kier alpha value is -1.49. The highest BCUT2D eigenvalue weighted by atomic mass is 19.1. The average molecular weight is 346 g/mol. The summed E-state index contributed by atoms with van der Waals surface area (Å²) in [6.07, 6.45) is 4.19. The fourth-order valence-corrected chi connectivity index (χ4v) is 5.49. The highest BCUT2D eigenvalue weighted by molar-refractivity contribution is 5.85. The topological polar surface area (TPSA) is 23.6 Å². The van der Waals surface area contributed by atoms with Crippen molar-refractivity contribution >= 4 is 5.91 Å². The number of fused-ring (bicyclic) bond motifs is 2. The van der Waals surface area contributed by atoms with Crippen molar-refractivity contribution in [1.82, 2.24) is 9.80 Å². The molecule has 6 rings (SSSR count). The summed E-state index contributed by atoms with van der Waals surface area (Å²) < 4.78 is 27.6. The van der Waals surface area contributed by atoms with Gasteiger partial charge in [0, 0.05) is 30.0 Å². The van der Waals surface area contributed by atoms with Gasteiger partial charge < -0.3 is 4.90 Å². The van der Waals surface area contributed by atoms with Crippen molar-refractivity contribution < 1.29 is 13.6 Å². The lowest BCUT2D eigenvalue weighted by Crippen LogP contribution is -2.61. The Labute approximate surface area is 147 Å². The Morgan fingerprint density at radius 1 is 1.08 bits per heavy atom. The number of nitrogens with zero attached hydrogens (tertiary/aromatic N) is 2. The maximum atomic E-state index is 13.8. The van der Waals surface area contributed by atoms with Crippen LogP contribution in [0.1, 0.15) is 44.1 Å². The summed E-state index contributed by atoms with van der Waals surface area (Å²) in [6.45, 7) is 4.74. The average Bonchev–Trinajstić information content (AvgIpc) is 3.21. The molecule has 1 saturated carbocycles. The molecule has 3 nitrogen and oxygen atoms in total. The molecule has 0 N–H and O–H groups in total. The third-order valence-electron chi connectivity index (χ3n) is 7.08. The molecule has 1 aliphatic carbocycles. The number of piperidine rings is 3. The molecule has 5 aliphatic rings. The summed E-state index contributed by atoms with van der Waals surface area (Å²) in [7, 11) is 0. The van der Waals surface area contributed by atoms with E-state index in [1.54, 1.807) is 0 Å². The second kappa shape index (κ2) is 5.26. The van der Waals surface area contributed by atoms with Crippen LogP contribution in [0, 0.1) is 23.0 Å². The molecule has 1 aromatic carbocycles. The zero-order valence-corrected chi connectivity index (χ0v) is 14.5. The van der Waals surface area contributed by atoms with E-state index in [0.717, 1.165) is 44.8 Å². The number of benzene rings is 1. The summed E-state index contributed by atoms with van der Waals surface area (Å²) in [5, 5.41) is 0. The molecule has 134 valence electrons. The van der Waals surface area contributed by atoms with Crippen LogP contribution in [-0.2, 0) is 4.79 Å². The van der Waals surface area contributed by atoms with Crippen molar-refractivity contribution in [2.24, 2.45) is 11.3 Å². The molecule has 0 radical (unpaired) electrons. The van der Waals surface area contributed by atoms with Crippen LogP contribution in [0.2, 0.25) is 0 Å². The molecule has 5 fully saturated rings. The largest absolute Gasteiger partial charge is 0.337 e. The van der Waals surface area contributed by atoms with E-state index in [-0.39, 0.29) is 29.3 Å². The van der Waals surface area contributed by atoms with E-state index in [2.05, 4.69) is 16.7 Å². The minimum Gasteiger partial charge on any atom is -0.337 e.